The van der Waals surface area contributed by atoms with Crippen LogP contribution in [0.25, 0.3) is 0 Å². The molecule has 0 aliphatic heterocycles. The van der Waals surface area contributed by atoms with Crippen LogP contribution in [0.1, 0.15) is 26.2 Å². The second kappa shape index (κ2) is 5.71. The number of nitro groups is 1. The Balaban J connectivity index is 2.15. The zero-order chi connectivity index (χ0) is 13.1. The van der Waals surface area contributed by atoms with E-state index in [9.17, 15) is 10.1 Å². The van der Waals surface area contributed by atoms with Crippen molar-refractivity contribution in [3.05, 3.63) is 34.4 Å². The highest BCUT2D eigenvalue weighted by molar-refractivity contribution is 8.00. The van der Waals surface area contributed by atoms with Gasteiger partial charge in [0.1, 0.15) is 0 Å². The lowest BCUT2D eigenvalue weighted by Gasteiger charge is -2.31. The molecule has 0 spiro atoms. The number of nitro benzene ring substituents is 1. The van der Waals surface area contributed by atoms with Gasteiger partial charge in [0.05, 0.1) is 9.82 Å². The van der Waals surface area contributed by atoms with Crippen molar-refractivity contribution in [1.82, 2.24) is 0 Å². The van der Waals surface area contributed by atoms with Crippen molar-refractivity contribution in [1.29, 1.82) is 0 Å². The molecular weight excluding hydrogens is 248 g/mol. The van der Waals surface area contributed by atoms with Gasteiger partial charge >= 0.3 is 0 Å². The summed E-state index contributed by atoms with van der Waals surface area (Å²) in [4.78, 5) is 11.4. The van der Waals surface area contributed by atoms with E-state index in [0.717, 1.165) is 24.2 Å². The van der Waals surface area contributed by atoms with Crippen molar-refractivity contribution in [2.45, 2.75) is 42.4 Å². The zero-order valence-electron chi connectivity index (χ0n) is 10.4. The SMILES string of the molecule is CC1CCC(N)C(Sc2ccccc2[N+](=O)[O-])C1. The maximum Gasteiger partial charge on any atom is 0.282 e. The second-order valence-corrected chi connectivity index (χ2v) is 6.24. The number of benzene rings is 1. The molecule has 1 saturated carbocycles. The molecule has 3 unspecified atom stereocenters. The van der Waals surface area contributed by atoms with E-state index in [-0.39, 0.29) is 21.9 Å². The molecule has 2 N–H and O–H groups in total. The minimum absolute atomic E-state index is 0.144. The number of nitrogens with two attached hydrogens (primary N) is 1. The van der Waals surface area contributed by atoms with Crippen molar-refractivity contribution in [2.75, 3.05) is 0 Å². The zero-order valence-corrected chi connectivity index (χ0v) is 11.2. The summed E-state index contributed by atoms with van der Waals surface area (Å²) in [7, 11) is 0. The van der Waals surface area contributed by atoms with Crippen LogP contribution in [0.3, 0.4) is 0 Å². The Morgan fingerprint density at radius 3 is 2.83 bits per heavy atom. The van der Waals surface area contributed by atoms with Crippen molar-refractivity contribution in [3.8, 4) is 0 Å². The fourth-order valence-electron chi connectivity index (χ4n) is 2.36. The predicted octanol–water partition coefficient (Wildman–Crippen LogP) is 3.20. The molecule has 4 nitrogen and oxygen atoms in total. The Morgan fingerprint density at radius 1 is 1.39 bits per heavy atom. The monoisotopic (exact) mass is 266 g/mol. The predicted molar refractivity (Wildman–Crippen MR) is 73.7 cm³/mol. The first-order valence-electron chi connectivity index (χ1n) is 6.23. The molecule has 3 atom stereocenters. The van der Waals surface area contributed by atoms with E-state index < -0.39 is 0 Å². The maximum absolute atomic E-state index is 11.0. The minimum Gasteiger partial charge on any atom is -0.327 e. The molecule has 0 radical (unpaired) electrons. The van der Waals surface area contributed by atoms with Crippen LogP contribution in [0, 0.1) is 16.0 Å². The highest BCUT2D eigenvalue weighted by atomic mass is 32.2. The summed E-state index contributed by atoms with van der Waals surface area (Å²) in [6, 6.07) is 7.05. The second-order valence-electron chi connectivity index (χ2n) is 4.96. The summed E-state index contributed by atoms with van der Waals surface area (Å²) in [6.45, 7) is 2.22. The van der Waals surface area contributed by atoms with Crippen LogP contribution < -0.4 is 5.73 Å². The van der Waals surface area contributed by atoms with Crippen LogP contribution in [0.5, 0.6) is 0 Å². The number of hydrogen-bond donors (Lipinski definition) is 1. The molecule has 5 heteroatoms. The van der Waals surface area contributed by atoms with E-state index in [1.165, 1.54) is 0 Å². The van der Waals surface area contributed by atoms with Crippen molar-refractivity contribution in [3.63, 3.8) is 0 Å². The summed E-state index contributed by atoms with van der Waals surface area (Å²) in [5.41, 5.74) is 6.31. The van der Waals surface area contributed by atoms with E-state index in [0.29, 0.717) is 5.92 Å². The summed E-state index contributed by atoms with van der Waals surface area (Å²) in [5.74, 6) is 0.657. The van der Waals surface area contributed by atoms with Crippen molar-refractivity contribution in [2.24, 2.45) is 11.7 Å². The topological polar surface area (TPSA) is 69.2 Å². The van der Waals surface area contributed by atoms with Crippen LogP contribution >= 0.6 is 11.8 Å². The lowest BCUT2D eigenvalue weighted by molar-refractivity contribution is -0.387. The first kappa shape index (κ1) is 13.4. The quantitative estimate of drug-likeness (QED) is 0.673. The standard InChI is InChI=1S/C13H18N2O2S/c1-9-6-7-10(14)13(8-9)18-12-5-3-2-4-11(12)15(16)17/h2-5,9-10,13H,6-8,14H2,1H3. The van der Waals surface area contributed by atoms with Crippen LogP contribution in [-0.2, 0) is 0 Å². The number of para-hydroxylation sites is 1. The Kier molecular flexibility index (Phi) is 4.24. The molecule has 0 bridgehead atoms. The highest BCUT2D eigenvalue weighted by Gasteiger charge is 2.28. The summed E-state index contributed by atoms with van der Waals surface area (Å²) in [6.07, 6.45) is 3.21. The van der Waals surface area contributed by atoms with Crippen LogP contribution in [0.4, 0.5) is 5.69 Å². The molecule has 98 valence electrons. The van der Waals surface area contributed by atoms with Gasteiger partial charge in [0.15, 0.2) is 0 Å². The lowest BCUT2D eigenvalue weighted by atomic mass is 9.87. The average Bonchev–Trinajstić information content (AvgIpc) is 2.34. The van der Waals surface area contributed by atoms with Gasteiger partial charge in [0.25, 0.3) is 5.69 Å². The molecule has 2 rings (SSSR count). The molecule has 0 aromatic heterocycles. The van der Waals surface area contributed by atoms with Crippen molar-refractivity contribution >= 4 is 17.4 Å². The smallest absolute Gasteiger partial charge is 0.282 e. The molecule has 0 saturated heterocycles. The van der Waals surface area contributed by atoms with Gasteiger partial charge in [0, 0.05) is 17.4 Å². The maximum atomic E-state index is 11.0. The Morgan fingerprint density at radius 2 is 2.11 bits per heavy atom. The van der Waals surface area contributed by atoms with E-state index >= 15 is 0 Å². The molecule has 18 heavy (non-hydrogen) atoms. The molecular formula is C13H18N2O2S. The molecule has 1 aromatic rings. The number of nitrogens with zero attached hydrogens (tertiary/aromatic N) is 1. The number of thioether (sulfide) groups is 1. The molecule has 1 fully saturated rings. The normalized spacial score (nSPS) is 28.0. The van der Waals surface area contributed by atoms with E-state index in [2.05, 4.69) is 6.92 Å². The Labute approximate surface area is 111 Å². The fraction of sp³-hybridized carbons (Fsp3) is 0.538. The highest BCUT2D eigenvalue weighted by Crippen LogP contribution is 2.38. The first-order chi connectivity index (χ1) is 8.58. The number of rotatable bonds is 3. The number of hydrogen-bond acceptors (Lipinski definition) is 4. The van der Waals surface area contributed by atoms with Gasteiger partial charge in [0.2, 0.25) is 0 Å². The first-order valence-corrected chi connectivity index (χ1v) is 7.11. The molecule has 1 aromatic carbocycles. The average molecular weight is 266 g/mol. The third kappa shape index (κ3) is 3.03. The minimum atomic E-state index is -0.319. The van der Waals surface area contributed by atoms with Crippen molar-refractivity contribution < 1.29 is 4.92 Å². The Bertz CT molecular complexity index is 439. The summed E-state index contributed by atoms with van der Waals surface area (Å²) < 4.78 is 0. The van der Waals surface area contributed by atoms with Gasteiger partial charge in [-0.1, -0.05) is 19.1 Å². The van der Waals surface area contributed by atoms with Crippen LogP contribution in [-0.4, -0.2) is 16.2 Å². The molecule has 1 aliphatic rings. The van der Waals surface area contributed by atoms with Crippen LogP contribution in [0.2, 0.25) is 0 Å². The van der Waals surface area contributed by atoms with E-state index in [4.69, 9.17) is 5.73 Å². The third-order valence-electron chi connectivity index (χ3n) is 3.45. The van der Waals surface area contributed by atoms with Gasteiger partial charge in [-0.3, -0.25) is 10.1 Å². The Hall–Kier alpha value is -1.07. The van der Waals surface area contributed by atoms with Gasteiger partial charge in [-0.2, -0.15) is 0 Å². The van der Waals surface area contributed by atoms with Gasteiger partial charge in [-0.15, -0.1) is 11.8 Å². The molecule has 1 aliphatic carbocycles. The lowest BCUT2D eigenvalue weighted by Crippen LogP contribution is -2.37. The van der Waals surface area contributed by atoms with E-state index in [1.807, 2.05) is 12.1 Å². The largest absolute Gasteiger partial charge is 0.327 e. The van der Waals surface area contributed by atoms with E-state index in [1.54, 1.807) is 23.9 Å². The fourth-order valence-corrected chi connectivity index (χ4v) is 3.84. The molecule has 0 amide bonds. The summed E-state index contributed by atoms with van der Waals surface area (Å²) >= 11 is 1.56. The third-order valence-corrected chi connectivity index (χ3v) is 4.89. The van der Waals surface area contributed by atoms with Gasteiger partial charge in [-0.25, -0.2) is 0 Å². The van der Waals surface area contributed by atoms with Gasteiger partial charge < -0.3 is 5.73 Å². The molecule has 0 heterocycles. The van der Waals surface area contributed by atoms with Crippen LogP contribution in [0.15, 0.2) is 29.2 Å². The van der Waals surface area contributed by atoms with Gasteiger partial charge in [-0.05, 0) is 31.2 Å². The summed E-state index contributed by atoms with van der Waals surface area (Å²) in [5, 5.41) is 11.3.